The molecule has 0 fully saturated rings. The molecule has 0 aliphatic carbocycles. The second kappa shape index (κ2) is 8.72. The van der Waals surface area contributed by atoms with Gasteiger partial charge in [0.1, 0.15) is 0 Å². The van der Waals surface area contributed by atoms with Crippen LogP contribution < -0.4 is 11.1 Å². The van der Waals surface area contributed by atoms with E-state index in [2.05, 4.69) is 19.2 Å². The molecule has 0 aromatic heterocycles. The van der Waals surface area contributed by atoms with Crippen molar-refractivity contribution >= 4 is 5.91 Å². The molecule has 0 aliphatic rings. The third-order valence-corrected chi connectivity index (χ3v) is 2.36. The average Bonchev–Trinajstić information content (AvgIpc) is 2.13. The van der Waals surface area contributed by atoms with Crippen LogP contribution in [0.3, 0.4) is 0 Å². The Morgan fingerprint density at radius 2 is 1.87 bits per heavy atom. The van der Waals surface area contributed by atoms with Crippen LogP contribution in [0.5, 0.6) is 0 Å². The second-order valence-electron chi connectivity index (χ2n) is 4.76. The maximum atomic E-state index is 11.3. The first kappa shape index (κ1) is 14.4. The highest BCUT2D eigenvalue weighted by atomic mass is 16.1. The number of unbranched alkanes of at least 4 members (excludes halogenated alkanes) is 1. The van der Waals surface area contributed by atoms with E-state index in [1.54, 1.807) is 0 Å². The van der Waals surface area contributed by atoms with Crippen molar-refractivity contribution in [2.45, 2.75) is 58.9 Å². The molecule has 3 heteroatoms. The molecule has 0 aromatic carbocycles. The molecule has 3 N–H and O–H groups in total. The van der Waals surface area contributed by atoms with Crippen molar-refractivity contribution in [3.05, 3.63) is 0 Å². The molecule has 3 nitrogen and oxygen atoms in total. The van der Waals surface area contributed by atoms with Crippen LogP contribution in [0.15, 0.2) is 0 Å². The lowest BCUT2D eigenvalue weighted by molar-refractivity contribution is -0.121. The predicted molar refractivity (Wildman–Crippen MR) is 64.6 cm³/mol. The summed E-state index contributed by atoms with van der Waals surface area (Å²) in [4.78, 5) is 11.3. The predicted octanol–water partition coefficient (Wildman–Crippen LogP) is 2.06. The number of amides is 1. The molecule has 0 radical (unpaired) electrons. The highest BCUT2D eigenvalue weighted by Crippen LogP contribution is 2.05. The van der Waals surface area contributed by atoms with Crippen molar-refractivity contribution in [3.63, 3.8) is 0 Å². The van der Waals surface area contributed by atoms with Crippen molar-refractivity contribution in [2.24, 2.45) is 11.7 Å². The Morgan fingerprint density at radius 3 is 2.40 bits per heavy atom. The van der Waals surface area contributed by atoms with Crippen molar-refractivity contribution in [1.29, 1.82) is 0 Å². The van der Waals surface area contributed by atoms with Crippen LogP contribution in [0.2, 0.25) is 0 Å². The van der Waals surface area contributed by atoms with Gasteiger partial charge in [-0.25, -0.2) is 0 Å². The van der Waals surface area contributed by atoms with Crippen LogP contribution in [0.4, 0.5) is 0 Å². The molecule has 0 saturated carbocycles. The third-order valence-electron chi connectivity index (χ3n) is 2.36. The molecule has 1 amide bonds. The molecule has 1 unspecified atom stereocenters. The minimum Gasteiger partial charge on any atom is -0.356 e. The molecule has 0 aliphatic heterocycles. The van der Waals surface area contributed by atoms with Crippen LogP contribution in [0.25, 0.3) is 0 Å². The van der Waals surface area contributed by atoms with Crippen LogP contribution in [-0.4, -0.2) is 18.5 Å². The zero-order chi connectivity index (χ0) is 11.7. The molecule has 1 atom stereocenters. The number of carbonyl (C=O) groups is 1. The van der Waals surface area contributed by atoms with E-state index in [0.29, 0.717) is 6.42 Å². The monoisotopic (exact) mass is 214 g/mol. The Bertz CT molecular complexity index is 167. The van der Waals surface area contributed by atoms with E-state index in [1.807, 2.05) is 6.92 Å². The maximum Gasteiger partial charge on any atom is 0.220 e. The van der Waals surface area contributed by atoms with Gasteiger partial charge in [-0.05, 0) is 25.7 Å². The number of rotatable bonds is 8. The molecule has 0 spiro atoms. The number of hydrogen-bond donors (Lipinski definition) is 2. The summed E-state index contributed by atoms with van der Waals surface area (Å²) in [5.74, 6) is 0.899. The minimum atomic E-state index is 0.122. The Hall–Kier alpha value is -0.570. The molecule has 0 saturated heterocycles. The van der Waals surface area contributed by atoms with Gasteiger partial charge in [-0.2, -0.15) is 0 Å². The van der Waals surface area contributed by atoms with Gasteiger partial charge in [0.2, 0.25) is 5.91 Å². The second-order valence-corrected chi connectivity index (χ2v) is 4.76. The summed E-state index contributed by atoms with van der Waals surface area (Å²) in [6.07, 6.45) is 4.86. The highest BCUT2D eigenvalue weighted by molar-refractivity contribution is 5.75. The van der Waals surface area contributed by atoms with Crippen LogP contribution in [-0.2, 0) is 4.79 Å². The summed E-state index contributed by atoms with van der Waals surface area (Å²) in [5, 5.41) is 2.92. The van der Waals surface area contributed by atoms with E-state index in [-0.39, 0.29) is 11.9 Å². The molecular weight excluding hydrogens is 188 g/mol. The van der Waals surface area contributed by atoms with E-state index in [4.69, 9.17) is 5.73 Å². The summed E-state index contributed by atoms with van der Waals surface area (Å²) in [6, 6.07) is 0.122. The Labute approximate surface area is 93.8 Å². The number of nitrogens with two attached hydrogens (primary N) is 1. The Kier molecular flexibility index (Phi) is 8.38. The fourth-order valence-corrected chi connectivity index (χ4v) is 1.35. The summed E-state index contributed by atoms with van der Waals surface area (Å²) in [5.41, 5.74) is 5.57. The van der Waals surface area contributed by atoms with Gasteiger partial charge in [-0.3, -0.25) is 4.79 Å². The van der Waals surface area contributed by atoms with E-state index < -0.39 is 0 Å². The molecule has 0 bridgehead atoms. The number of hydrogen-bond acceptors (Lipinski definition) is 2. The molecule has 90 valence electrons. The van der Waals surface area contributed by atoms with E-state index >= 15 is 0 Å². The first-order chi connectivity index (χ1) is 7.02. The maximum absolute atomic E-state index is 11.3. The molecular formula is C12H26N2O. The first-order valence-corrected chi connectivity index (χ1v) is 6.04. The standard InChI is InChI=1S/C12H26N2O/c1-10(2)6-4-5-9-14-12(15)8-7-11(3)13/h10-11H,4-9,13H2,1-3H3,(H,14,15). The van der Waals surface area contributed by atoms with Crippen molar-refractivity contribution < 1.29 is 4.79 Å². The van der Waals surface area contributed by atoms with Gasteiger partial charge in [0, 0.05) is 19.0 Å². The highest BCUT2D eigenvalue weighted by Gasteiger charge is 2.02. The van der Waals surface area contributed by atoms with Crippen molar-refractivity contribution in [2.75, 3.05) is 6.54 Å². The Balaban J connectivity index is 3.24. The fourth-order valence-electron chi connectivity index (χ4n) is 1.35. The molecule has 0 heterocycles. The van der Waals surface area contributed by atoms with E-state index in [9.17, 15) is 4.79 Å². The van der Waals surface area contributed by atoms with Gasteiger partial charge in [-0.1, -0.05) is 26.7 Å². The van der Waals surface area contributed by atoms with Gasteiger partial charge >= 0.3 is 0 Å². The zero-order valence-corrected chi connectivity index (χ0v) is 10.4. The van der Waals surface area contributed by atoms with Crippen molar-refractivity contribution in [1.82, 2.24) is 5.32 Å². The van der Waals surface area contributed by atoms with Gasteiger partial charge in [-0.15, -0.1) is 0 Å². The van der Waals surface area contributed by atoms with Gasteiger partial charge < -0.3 is 11.1 Å². The number of nitrogens with one attached hydrogen (secondary N) is 1. The van der Waals surface area contributed by atoms with Gasteiger partial charge in [0.25, 0.3) is 0 Å². The third kappa shape index (κ3) is 11.4. The van der Waals surface area contributed by atoms with E-state index in [0.717, 1.165) is 25.3 Å². The largest absolute Gasteiger partial charge is 0.356 e. The SMILES string of the molecule is CC(C)CCCCNC(=O)CCC(C)N. The number of carbonyl (C=O) groups excluding carboxylic acids is 1. The summed E-state index contributed by atoms with van der Waals surface area (Å²) >= 11 is 0. The minimum absolute atomic E-state index is 0.122. The average molecular weight is 214 g/mol. The zero-order valence-electron chi connectivity index (χ0n) is 10.4. The van der Waals surface area contributed by atoms with E-state index in [1.165, 1.54) is 12.8 Å². The van der Waals surface area contributed by atoms with Gasteiger partial charge in [0.15, 0.2) is 0 Å². The lowest BCUT2D eigenvalue weighted by Crippen LogP contribution is -2.26. The first-order valence-electron chi connectivity index (χ1n) is 6.04. The topological polar surface area (TPSA) is 55.1 Å². The summed E-state index contributed by atoms with van der Waals surface area (Å²) in [6.45, 7) is 7.18. The fraction of sp³-hybridized carbons (Fsp3) is 0.917. The van der Waals surface area contributed by atoms with Gasteiger partial charge in [0.05, 0.1) is 0 Å². The summed E-state index contributed by atoms with van der Waals surface area (Å²) < 4.78 is 0. The summed E-state index contributed by atoms with van der Waals surface area (Å²) in [7, 11) is 0. The van der Waals surface area contributed by atoms with Crippen LogP contribution >= 0.6 is 0 Å². The smallest absolute Gasteiger partial charge is 0.220 e. The quantitative estimate of drug-likeness (QED) is 0.608. The molecule has 15 heavy (non-hydrogen) atoms. The molecule has 0 rings (SSSR count). The van der Waals surface area contributed by atoms with Crippen LogP contribution in [0.1, 0.15) is 52.9 Å². The van der Waals surface area contributed by atoms with Crippen molar-refractivity contribution in [3.8, 4) is 0 Å². The van der Waals surface area contributed by atoms with Crippen LogP contribution in [0, 0.1) is 5.92 Å². The lowest BCUT2D eigenvalue weighted by atomic mass is 10.1. The normalized spacial score (nSPS) is 12.9. The Morgan fingerprint density at radius 1 is 1.20 bits per heavy atom. The lowest BCUT2D eigenvalue weighted by Gasteiger charge is -2.07. The molecule has 0 aromatic rings.